The van der Waals surface area contributed by atoms with Crippen molar-refractivity contribution in [1.29, 1.82) is 0 Å². The van der Waals surface area contributed by atoms with Crippen molar-refractivity contribution >= 4 is 53.8 Å². The monoisotopic (exact) mass is 384 g/mol. The molecule has 14 heavy (non-hydrogen) atoms. The molecular weight excluding hydrogens is 380 g/mol. The molecule has 5 heteroatoms. The second-order valence-corrected chi connectivity index (χ2v) is 5.59. The van der Waals surface area contributed by atoms with Gasteiger partial charge in [0, 0.05) is 4.47 Å². The summed E-state index contributed by atoms with van der Waals surface area (Å²) in [7, 11) is 0. The van der Waals surface area contributed by atoms with Crippen molar-refractivity contribution < 1.29 is 9.90 Å². The molecule has 0 fully saturated rings. The molecule has 2 atom stereocenters. The Morgan fingerprint density at radius 1 is 1.36 bits per heavy atom. The van der Waals surface area contributed by atoms with Crippen molar-refractivity contribution in [2.24, 2.45) is 0 Å². The normalized spacial score (nSPS) is 14.8. The molecule has 0 heterocycles. The van der Waals surface area contributed by atoms with Crippen molar-refractivity contribution in [2.45, 2.75) is 9.65 Å². The third-order valence-corrected chi connectivity index (χ3v) is 4.84. The smallest absolute Gasteiger partial charge is 0.318 e. The molecule has 0 unspecified atom stereocenters. The fourth-order valence-electron chi connectivity index (χ4n) is 0.972. The van der Waals surface area contributed by atoms with Gasteiger partial charge >= 0.3 is 5.97 Å². The molecule has 1 aromatic carbocycles. The quantitative estimate of drug-likeness (QED) is 0.804. The molecule has 0 aliphatic carbocycles. The van der Waals surface area contributed by atoms with Crippen LogP contribution in [-0.4, -0.2) is 15.9 Å². The van der Waals surface area contributed by atoms with Gasteiger partial charge in [0.2, 0.25) is 0 Å². The fraction of sp³-hybridized carbons (Fsp3) is 0.222. The Morgan fingerprint density at radius 3 is 2.50 bits per heavy atom. The Labute approximate surface area is 107 Å². The molecule has 1 N–H and O–H groups in total. The predicted molar refractivity (Wildman–Crippen MR) is 66.2 cm³/mol. The number of benzene rings is 1. The fourth-order valence-corrected chi connectivity index (χ4v) is 2.21. The van der Waals surface area contributed by atoms with E-state index >= 15 is 0 Å². The van der Waals surface area contributed by atoms with Crippen LogP contribution in [0.15, 0.2) is 28.7 Å². The minimum absolute atomic E-state index is 0.238. The summed E-state index contributed by atoms with van der Waals surface area (Å²) in [6.07, 6.45) is 0. The topological polar surface area (TPSA) is 37.3 Å². The van der Waals surface area contributed by atoms with E-state index in [9.17, 15) is 4.79 Å². The van der Waals surface area contributed by atoms with E-state index in [1.165, 1.54) is 0 Å². The highest BCUT2D eigenvalue weighted by atomic mass is 79.9. The summed E-state index contributed by atoms with van der Waals surface area (Å²) in [4.78, 5) is 9.84. The Hall–Kier alpha value is 0.130. The Kier molecular flexibility index (Phi) is 4.60. The van der Waals surface area contributed by atoms with Crippen LogP contribution in [0.25, 0.3) is 0 Å². The largest absolute Gasteiger partial charge is 0.480 e. The first-order valence-electron chi connectivity index (χ1n) is 3.79. The minimum atomic E-state index is -0.883. The highest BCUT2D eigenvalue weighted by molar-refractivity contribution is 9.12. The van der Waals surface area contributed by atoms with Crippen molar-refractivity contribution in [3.05, 3.63) is 34.3 Å². The van der Waals surface area contributed by atoms with Crippen molar-refractivity contribution in [3.8, 4) is 0 Å². The summed E-state index contributed by atoms with van der Waals surface area (Å²) in [6.45, 7) is 0. The van der Waals surface area contributed by atoms with Gasteiger partial charge in [-0.15, -0.1) is 0 Å². The number of aliphatic carboxylic acids is 1. The molecular formula is C9H7Br3O2. The number of hydrogen-bond acceptors (Lipinski definition) is 1. The zero-order valence-corrected chi connectivity index (χ0v) is 11.7. The number of hydrogen-bond donors (Lipinski definition) is 1. The lowest BCUT2D eigenvalue weighted by Crippen LogP contribution is -2.17. The van der Waals surface area contributed by atoms with Crippen molar-refractivity contribution in [1.82, 2.24) is 0 Å². The van der Waals surface area contributed by atoms with Gasteiger partial charge < -0.3 is 5.11 Å². The molecule has 0 radical (unpaired) electrons. The number of carboxylic acid groups (broad SMARTS) is 1. The van der Waals surface area contributed by atoms with E-state index in [0.717, 1.165) is 10.0 Å². The first-order valence-corrected chi connectivity index (χ1v) is 6.41. The van der Waals surface area contributed by atoms with Crippen LogP contribution < -0.4 is 0 Å². The molecule has 0 amide bonds. The Balaban J connectivity index is 2.89. The van der Waals surface area contributed by atoms with E-state index in [1.807, 2.05) is 24.3 Å². The van der Waals surface area contributed by atoms with Gasteiger partial charge in [0.25, 0.3) is 0 Å². The van der Waals surface area contributed by atoms with E-state index in [4.69, 9.17) is 5.11 Å². The summed E-state index contributed by atoms with van der Waals surface area (Å²) in [6, 6.07) is 7.53. The highest BCUT2D eigenvalue weighted by Crippen LogP contribution is 2.32. The lowest BCUT2D eigenvalue weighted by atomic mass is 10.1. The van der Waals surface area contributed by atoms with E-state index in [1.54, 1.807) is 0 Å². The van der Waals surface area contributed by atoms with Gasteiger partial charge in [-0.1, -0.05) is 59.9 Å². The highest BCUT2D eigenvalue weighted by Gasteiger charge is 2.24. The van der Waals surface area contributed by atoms with E-state index in [-0.39, 0.29) is 4.83 Å². The zero-order valence-electron chi connectivity index (χ0n) is 6.95. The molecule has 0 saturated carbocycles. The molecule has 0 bridgehead atoms. The van der Waals surface area contributed by atoms with Gasteiger partial charge in [-0.25, -0.2) is 0 Å². The SMILES string of the molecule is O=C(O)[C@@H](Br)[C@@H](Br)c1cccc(Br)c1. The van der Waals surface area contributed by atoms with Gasteiger partial charge in [-0.2, -0.15) is 0 Å². The van der Waals surface area contributed by atoms with Crippen LogP contribution in [0.5, 0.6) is 0 Å². The average molecular weight is 387 g/mol. The molecule has 0 aliphatic rings. The van der Waals surface area contributed by atoms with E-state index in [0.29, 0.717) is 0 Å². The van der Waals surface area contributed by atoms with Crippen LogP contribution in [0.3, 0.4) is 0 Å². The minimum Gasteiger partial charge on any atom is -0.480 e. The Bertz CT molecular complexity index is 341. The lowest BCUT2D eigenvalue weighted by Gasteiger charge is -2.13. The molecule has 2 nitrogen and oxygen atoms in total. The van der Waals surface area contributed by atoms with Gasteiger partial charge in [-0.3, -0.25) is 4.79 Å². The molecule has 0 aromatic heterocycles. The summed E-state index contributed by atoms with van der Waals surface area (Å²) >= 11 is 9.78. The van der Waals surface area contributed by atoms with Crippen LogP contribution in [-0.2, 0) is 4.79 Å². The Morgan fingerprint density at radius 2 is 2.00 bits per heavy atom. The standard InChI is InChI=1S/C9H7Br3O2/c10-6-3-1-2-5(4-6)7(11)8(12)9(13)14/h1-4,7-8H,(H,13,14)/t7-,8-/m0/s1. The summed E-state index contributed by atoms with van der Waals surface area (Å²) in [5.74, 6) is -0.883. The van der Waals surface area contributed by atoms with Gasteiger partial charge in [0.05, 0.1) is 4.83 Å². The molecule has 1 rings (SSSR count). The first-order chi connectivity index (χ1) is 6.52. The second-order valence-electron chi connectivity index (χ2n) is 2.70. The number of halogens is 3. The number of alkyl halides is 2. The third kappa shape index (κ3) is 3.07. The summed E-state index contributed by atoms with van der Waals surface area (Å²) in [5, 5.41) is 8.79. The summed E-state index contributed by atoms with van der Waals surface area (Å²) in [5.41, 5.74) is 0.920. The molecule has 76 valence electrons. The van der Waals surface area contributed by atoms with Crippen LogP contribution in [0.2, 0.25) is 0 Å². The maximum Gasteiger partial charge on any atom is 0.318 e. The molecule has 0 aliphatic heterocycles. The van der Waals surface area contributed by atoms with Crippen molar-refractivity contribution in [2.75, 3.05) is 0 Å². The lowest BCUT2D eigenvalue weighted by molar-refractivity contribution is -0.136. The van der Waals surface area contributed by atoms with Gasteiger partial charge in [-0.05, 0) is 17.7 Å². The van der Waals surface area contributed by atoms with Crippen LogP contribution in [0, 0.1) is 0 Å². The first kappa shape index (κ1) is 12.2. The second kappa shape index (κ2) is 5.28. The van der Waals surface area contributed by atoms with Crippen molar-refractivity contribution in [3.63, 3.8) is 0 Å². The molecule has 0 spiro atoms. The van der Waals surface area contributed by atoms with Gasteiger partial charge in [0.15, 0.2) is 0 Å². The van der Waals surface area contributed by atoms with Crippen LogP contribution in [0.1, 0.15) is 10.4 Å². The molecule has 1 aromatic rings. The average Bonchev–Trinajstić information content (AvgIpc) is 2.15. The van der Waals surface area contributed by atoms with E-state index in [2.05, 4.69) is 47.8 Å². The maximum absolute atomic E-state index is 10.7. The number of rotatable bonds is 3. The van der Waals surface area contributed by atoms with Crippen LogP contribution in [0.4, 0.5) is 0 Å². The number of carboxylic acids is 1. The maximum atomic E-state index is 10.7. The zero-order chi connectivity index (χ0) is 10.7. The summed E-state index contributed by atoms with van der Waals surface area (Å²) < 4.78 is 0.935. The number of carbonyl (C=O) groups is 1. The van der Waals surface area contributed by atoms with E-state index < -0.39 is 10.8 Å². The van der Waals surface area contributed by atoms with Gasteiger partial charge in [0.1, 0.15) is 4.83 Å². The predicted octanol–water partition coefficient (Wildman–Crippen LogP) is 3.73. The third-order valence-electron chi connectivity index (χ3n) is 1.66. The van der Waals surface area contributed by atoms with Crippen LogP contribution >= 0.6 is 47.8 Å². The molecule has 0 saturated heterocycles.